The van der Waals surface area contributed by atoms with Crippen molar-refractivity contribution in [3.8, 4) is 0 Å². The maximum atomic E-state index is 13.1. The highest BCUT2D eigenvalue weighted by atomic mass is 32.1. The number of nitrogens with zero attached hydrogens (tertiary/aromatic N) is 1. The molecule has 1 aromatic heterocycles. The molecule has 1 fully saturated rings. The van der Waals surface area contributed by atoms with Crippen LogP contribution in [-0.2, 0) is 19.1 Å². The first-order valence-corrected chi connectivity index (χ1v) is 11.2. The summed E-state index contributed by atoms with van der Waals surface area (Å²) in [4.78, 5) is 40.0. The van der Waals surface area contributed by atoms with Gasteiger partial charge in [0.2, 0.25) is 11.8 Å². The van der Waals surface area contributed by atoms with Crippen LogP contribution in [0.25, 0.3) is 0 Å². The van der Waals surface area contributed by atoms with E-state index in [0.29, 0.717) is 38.6 Å². The zero-order valence-corrected chi connectivity index (χ0v) is 18.2. The van der Waals surface area contributed by atoms with E-state index in [-0.39, 0.29) is 29.7 Å². The fourth-order valence-electron chi connectivity index (χ4n) is 3.80. The van der Waals surface area contributed by atoms with Crippen LogP contribution < -0.4 is 10.2 Å². The van der Waals surface area contributed by atoms with Gasteiger partial charge < -0.3 is 15.0 Å². The number of aryl methyl sites for hydroxylation is 1. The molecule has 1 saturated heterocycles. The molecule has 7 heteroatoms. The number of thiophene rings is 1. The quantitative estimate of drug-likeness (QED) is 0.509. The van der Waals surface area contributed by atoms with Crippen molar-refractivity contribution in [1.82, 2.24) is 5.32 Å². The molecule has 2 aromatic rings. The SMILES string of the molecule is COC(=O)CCCCNC(=O)C1CCC(=O)N(c2ccc(C)cc2)C1c1cccs1. The molecule has 1 N–H and O–H groups in total. The number of esters is 1. The van der Waals surface area contributed by atoms with Crippen molar-refractivity contribution in [2.24, 2.45) is 5.92 Å². The van der Waals surface area contributed by atoms with Crippen molar-refractivity contribution in [2.75, 3.05) is 18.6 Å². The Morgan fingerprint density at radius 3 is 2.63 bits per heavy atom. The topological polar surface area (TPSA) is 75.7 Å². The number of hydrogen-bond acceptors (Lipinski definition) is 5. The summed E-state index contributed by atoms with van der Waals surface area (Å²) in [7, 11) is 1.37. The molecule has 1 aromatic carbocycles. The van der Waals surface area contributed by atoms with E-state index in [1.807, 2.05) is 48.7 Å². The van der Waals surface area contributed by atoms with Crippen molar-refractivity contribution in [3.05, 3.63) is 52.2 Å². The van der Waals surface area contributed by atoms with Gasteiger partial charge in [-0.3, -0.25) is 14.4 Å². The first-order valence-electron chi connectivity index (χ1n) is 10.3. The van der Waals surface area contributed by atoms with Gasteiger partial charge in [-0.2, -0.15) is 0 Å². The minimum atomic E-state index is -0.316. The van der Waals surface area contributed by atoms with Crippen molar-refractivity contribution < 1.29 is 19.1 Å². The summed E-state index contributed by atoms with van der Waals surface area (Å²) in [5.74, 6) is -0.558. The third kappa shape index (κ3) is 5.27. The van der Waals surface area contributed by atoms with Crippen LogP contribution in [0, 0.1) is 12.8 Å². The second-order valence-corrected chi connectivity index (χ2v) is 8.51. The molecule has 2 amide bonds. The summed E-state index contributed by atoms with van der Waals surface area (Å²) in [5, 5.41) is 4.98. The van der Waals surface area contributed by atoms with Crippen LogP contribution in [0.15, 0.2) is 41.8 Å². The average Bonchev–Trinajstić information content (AvgIpc) is 3.28. The maximum Gasteiger partial charge on any atom is 0.305 e. The Morgan fingerprint density at radius 2 is 1.97 bits per heavy atom. The van der Waals surface area contributed by atoms with E-state index in [0.717, 1.165) is 16.1 Å². The molecule has 2 unspecified atom stereocenters. The smallest absolute Gasteiger partial charge is 0.305 e. The zero-order chi connectivity index (χ0) is 21.5. The molecule has 0 aliphatic carbocycles. The Labute approximate surface area is 181 Å². The van der Waals surface area contributed by atoms with Crippen LogP contribution >= 0.6 is 11.3 Å². The molecule has 0 radical (unpaired) electrons. The van der Waals surface area contributed by atoms with Gasteiger partial charge in [0.05, 0.1) is 19.1 Å². The lowest BCUT2D eigenvalue weighted by Gasteiger charge is -2.40. The van der Waals surface area contributed by atoms with E-state index in [1.165, 1.54) is 7.11 Å². The van der Waals surface area contributed by atoms with Crippen LogP contribution in [0.3, 0.4) is 0 Å². The number of rotatable bonds is 8. The third-order valence-corrected chi connectivity index (χ3v) is 6.36. The van der Waals surface area contributed by atoms with Gasteiger partial charge in [-0.05, 0) is 49.8 Å². The van der Waals surface area contributed by atoms with E-state index >= 15 is 0 Å². The number of hydrogen-bond donors (Lipinski definition) is 1. The normalized spacial score (nSPS) is 18.9. The molecule has 1 aliphatic heterocycles. The van der Waals surface area contributed by atoms with Crippen LogP contribution in [0.5, 0.6) is 0 Å². The molecule has 3 rings (SSSR count). The highest BCUT2D eigenvalue weighted by Crippen LogP contribution is 2.41. The summed E-state index contributed by atoms with van der Waals surface area (Å²) < 4.78 is 4.64. The van der Waals surface area contributed by atoms with Crippen LogP contribution in [0.4, 0.5) is 5.69 Å². The van der Waals surface area contributed by atoms with Crippen molar-refractivity contribution in [2.45, 2.75) is 45.1 Å². The van der Waals surface area contributed by atoms with Gasteiger partial charge in [0.25, 0.3) is 0 Å². The van der Waals surface area contributed by atoms with Gasteiger partial charge in [0.1, 0.15) is 0 Å². The molecule has 30 heavy (non-hydrogen) atoms. The van der Waals surface area contributed by atoms with E-state index in [4.69, 9.17) is 0 Å². The fraction of sp³-hybridized carbons (Fsp3) is 0.435. The second kappa shape index (κ2) is 10.4. The van der Waals surface area contributed by atoms with Gasteiger partial charge >= 0.3 is 5.97 Å². The maximum absolute atomic E-state index is 13.1. The second-order valence-electron chi connectivity index (χ2n) is 7.53. The summed E-state index contributed by atoms with van der Waals surface area (Å²) >= 11 is 1.57. The van der Waals surface area contributed by atoms with E-state index < -0.39 is 0 Å². The molecule has 0 bridgehead atoms. The number of carbonyl (C=O) groups excluding carboxylic acids is 3. The third-order valence-electron chi connectivity index (χ3n) is 5.42. The van der Waals surface area contributed by atoms with Gasteiger partial charge in [-0.15, -0.1) is 11.3 Å². The first-order chi connectivity index (χ1) is 14.5. The van der Waals surface area contributed by atoms with E-state index in [1.54, 1.807) is 16.2 Å². The zero-order valence-electron chi connectivity index (χ0n) is 17.4. The monoisotopic (exact) mass is 428 g/mol. The van der Waals surface area contributed by atoms with Crippen LogP contribution in [0.1, 0.15) is 48.6 Å². The Kier molecular flexibility index (Phi) is 7.63. The lowest BCUT2D eigenvalue weighted by molar-refractivity contribution is -0.140. The fourth-order valence-corrected chi connectivity index (χ4v) is 4.68. The molecule has 0 spiro atoms. The number of anilines is 1. The van der Waals surface area contributed by atoms with Crippen molar-refractivity contribution >= 4 is 34.8 Å². The molecule has 6 nitrogen and oxygen atoms in total. The van der Waals surface area contributed by atoms with Gasteiger partial charge in [0.15, 0.2) is 0 Å². The molecule has 0 saturated carbocycles. The molecule has 2 atom stereocenters. The summed E-state index contributed by atoms with van der Waals surface area (Å²) in [6.07, 6.45) is 2.59. The van der Waals surface area contributed by atoms with Gasteiger partial charge in [-0.25, -0.2) is 0 Å². The minimum absolute atomic E-state index is 0.0411. The summed E-state index contributed by atoms with van der Waals surface area (Å²) in [6, 6.07) is 11.5. The predicted octanol–water partition coefficient (Wildman–Crippen LogP) is 4.00. The van der Waals surface area contributed by atoms with Crippen LogP contribution in [-0.4, -0.2) is 31.4 Å². The lowest BCUT2D eigenvalue weighted by Crippen LogP contribution is -2.48. The predicted molar refractivity (Wildman–Crippen MR) is 117 cm³/mol. The number of piperidine rings is 1. The largest absolute Gasteiger partial charge is 0.469 e. The highest BCUT2D eigenvalue weighted by Gasteiger charge is 2.41. The number of unbranched alkanes of at least 4 members (excludes halogenated alkanes) is 1. The Morgan fingerprint density at radius 1 is 1.20 bits per heavy atom. The van der Waals surface area contributed by atoms with Gasteiger partial charge in [0, 0.05) is 30.0 Å². The number of carbonyl (C=O) groups is 3. The first kappa shape index (κ1) is 22.0. The highest BCUT2D eigenvalue weighted by molar-refractivity contribution is 7.10. The average molecular weight is 429 g/mol. The number of nitrogens with one attached hydrogen (secondary N) is 1. The molecule has 1 aliphatic rings. The summed E-state index contributed by atoms with van der Waals surface area (Å²) in [6.45, 7) is 2.51. The van der Waals surface area contributed by atoms with E-state index in [2.05, 4.69) is 10.1 Å². The van der Waals surface area contributed by atoms with Crippen LogP contribution in [0.2, 0.25) is 0 Å². The number of benzene rings is 1. The lowest BCUT2D eigenvalue weighted by atomic mass is 9.86. The number of amides is 2. The number of ether oxygens (including phenoxy) is 1. The van der Waals surface area contributed by atoms with Crippen molar-refractivity contribution in [1.29, 1.82) is 0 Å². The Balaban J connectivity index is 1.74. The van der Waals surface area contributed by atoms with E-state index in [9.17, 15) is 14.4 Å². The van der Waals surface area contributed by atoms with Gasteiger partial charge in [-0.1, -0.05) is 23.8 Å². The Hall–Kier alpha value is -2.67. The standard InChI is InChI=1S/C23H28N2O4S/c1-16-8-10-17(11-9-16)25-20(26)13-12-18(22(25)19-6-5-15-30-19)23(28)24-14-4-3-7-21(27)29-2/h5-6,8-11,15,18,22H,3-4,7,12-14H2,1-2H3,(H,24,28). The molecular formula is C23H28N2O4S. The van der Waals surface area contributed by atoms with Crippen molar-refractivity contribution in [3.63, 3.8) is 0 Å². The minimum Gasteiger partial charge on any atom is -0.469 e. The number of methoxy groups -OCH3 is 1. The summed E-state index contributed by atoms with van der Waals surface area (Å²) in [5.41, 5.74) is 1.94. The Bertz CT molecular complexity index is 864. The molecule has 160 valence electrons. The molecular weight excluding hydrogens is 400 g/mol. The molecule has 2 heterocycles.